The molecule has 0 bridgehead atoms. The van der Waals surface area contributed by atoms with E-state index in [1.165, 1.54) is 10.5 Å². The van der Waals surface area contributed by atoms with Gasteiger partial charge < -0.3 is 9.80 Å². The fourth-order valence-electron chi connectivity index (χ4n) is 2.67. The highest BCUT2D eigenvalue weighted by Crippen LogP contribution is 2.03. The smallest absolute Gasteiger partial charge is 0.255 e. The predicted octanol–water partition coefficient (Wildman–Crippen LogP) is 0.0175. The molecule has 0 unspecified atom stereocenters. The second-order valence-electron chi connectivity index (χ2n) is 5.32. The van der Waals surface area contributed by atoms with E-state index in [0.29, 0.717) is 5.56 Å². The Labute approximate surface area is 124 Å². The fraction of sp³-hybridized carbons (Fsp3) is 0.312. The Bertz CT molecular complexity index is 580. The number of rotatable bonds is 3. The van der Waals surface area contributed by atoms with Crippen molar-refractivity contribution in [1.29, 1.82) is 0 Å². The molecule has 0 aliphatic carbocycles. The van der Waals surface area contributed by atoms with Crippen molar-refractivity contribution in [3.05, 3.63) is 60.2 Å². The van der Waals surface area contributed by atoms with Crippen molar-refractivity contribution in [2.75, 3.05) is 26.2 Å². The summed E-state index contributed by atoms with van der Waals surface area (Å²) >= 11 is 0. The van der Waals surface area contributed by atoms with Crippen LogP contribution in [0.15, 0.2) is 49.1 Å². The standard InChI is InChI=1S/C16H18N4O/c21-16(15-4-2-6-18-12-15)20-9-7-19(8-10-20)13-14-3-1-5-17-11-14/h1-6,11-12H,7-10,13H2/p+1. The third kappa shape index (κ3) is 3.44. The van der Waals surface area contributed by atoms with Gasteiger partial charge in [0.2, 0.25) is 0 Å². The van der Waals surface area contributed by atoms with Crippen LogP contribution >= 0.6 is 0 Å². The van der Waals surface area contributed by atoms with E-state index in [-0.39, 0.29) is 5.91 Å². The van der Waals surface area contributed by atoms with Crippen molar-refractivity contribution < 1.29 is 9.69 Å². The highest BCUT2D eigenvalue weighted by Gasteiger charge is 2.24. The summed E-state index contributed by atoms with van der Waals surface area (Å²) in [5.41, 5.74) is 1.92. The Morgan fingerprint density at radius 1 is 1.10 bits per heavy atom. The molecule has 0 radical (unpaired) electrons. The van der Waals surface area contributed by atoms with Crippen LogP contribution in [-0.2, 0) is 6.54 Å². The minimum Gasteiger partial charge on any atom is -0.328 e. The molecule has 0 aromatic carbocycles. The Kier molecular flexibility index (Phi) is 4.21. The molecule has 1 aliphatic heterocycles. The number of nitrogens with zero attached hydrogens (tertiary/aromatic N) is 3. The highest BCUT2D eigenvalue weighted by molar-refractivity contribution is 5.93. The third-order valence-electron chi connectivity index (χ3n) is 3.84. The molecule has 5 nitrogen and oxygen atoms in total. The molecule has 1 N–H and O–H groups in total. The fourth-order valence-corrected chi connectivity index (χ4v) is 2.67. The van der Waals surface area contributed by atoms with Crippen LogP contribution in [-0.4, -0.2) is 47.0 Å². The second-order valence-corrected chi connectivity index (χ2v) is 5.32. The number of aromatic nitrogens is 2. The summed E-state index contributed by atoms with van der Waals surface area (Å²) in [6.07, 6.45) is 7.04. The van der Waals surface area contributed by atoms with Crippen molar-refractivity contribution in [3.8, 4) is 0 Å². The van der Waals surface area contributed by atoms with Crippen LogP contribution in [0.2, 0.25) is 0 Å². The molecule has 1 fully saturated rings. The van der Waals surface area contributed by atoms with E-state index in [2.05, 4.69) is 16.0 Å². The molecule has 1 amide bonds. The summed E-state index contributed by atoms with van der Waals surface area (Å²) in [7, 11) is 0. The topological polar surface area (TPSA) is 50.5 Å². The molecule has 0 spiro atoms. The van der Waals surface area contributed by atoms with Gasteiger partial charge in [-0.25, -0.2) is 0 Å². The van der Waals surface area contributed by atoms with Crippen molar-refractivity contribution in [1.82, 2.24) is 14.9 Å². The first-order chi connectivity index (χ1) is 10.3. The number of pyridine rings is 2. The zero-order chi connectivity index (χ0) is 14.5. The molecule has 2 aromatic rings. The minimum absolute atomic E-state index is 0.0866. The molecule has 2 aromatic heterocycles. The number of hydrogen-bond donors (Lipinski definition) is 1. The maximum absolute atomic E-state index is 12.3. The number of piperazine rings is 1. The maximum Gasteiger partial charge on any atom is 0.255 e. The lowest BCUT2D eigenvalue weighted by atomic mass is 10.2. The Morgan fingerprint density at radius 2 is 1.81 bits per heavy atom. The molecule has 3 rings (SSSR count). The number of hydrogen-bond acceptors (Lipinski definition) is 3. The Morgan fingerprint density at radius 3 is 2.43 bits per heavy atom. The Balaban J connectivity index is 1.54. The predicted molar refractivity (Wildman–Crippen MR) is 78.8 cm³/mol. The van der Waals surface area contributed by atoms with E-state index in [0.717, 1.165) is 32.7 Å². The van der Waals surface area contributed by atoms with Gasteiger partial charge in [0.05, 0.1) is 31.7 Å². The molecule has 1 aliphatic rings. The molecule has 0 saturated carbocycles. The largest absolute Gasteiger partial charge is 0.328 e. The monoisotopic (exact) mass is 283 g/mol. The zero-order valence-corrected chi connectivity index (χ0v) is 11.9. The van der Waals surface area contributed by atoms with Gasteiger partial charge in [0.15, 0.2) is 0 Å². The first kappa shape index (κ1) is 13.7. The molecule has 21 heavy (non-hydrogen) atoms. The summed E-state index contributed by atoms with van der Waals surface area (Å²) in [4.78, 5) is 23.9. The number of amides is 1. The lowest BCUT2D eigenvalue weighted by Gasteiger charge is -2.32. The van der Waals surface area contributed by atoms with E-state index in [9.17, 15) is 4.79 Å². The quantitative estimate of drug-likeness (QED) is 0.864. The van der Waals surface area contributed by atoms with E-state index in [1.807, 2.05) is 23.2 Å². The van der Waals surface area contributed by atoms with Gasteiger partial charge in [-0.05, 0) is 18.2 Å². The van der Waals surface area contributed by atoms with E-state index >= 15 is 0 Å². The minimum atomic E-state index is 0.0866. The number of carbonyl (C=O) groups excluding carboxylic acids is 1. The first-order valence-electron chi connectivity index (χ1n) is 7.25. The van der Waals surface area contributed by atoms with Gasteiger partial charge in [-0.2, -0.15) is 0 Å². The number of carbonyl (C=O) groups is 1. The van der Waals surface area contributed by atoms with Gasteiger partial charge in [-0.1, -0.05) is 6.07 Å². The number of quaternary nitrogens is 1. The average molecular weight is 283 g/mol. The van der Waals surface area contributed by atoms with Crippen LogP contribution in [0.3, 0.4) is 0 Å². The van der Waals surface area contributed by atoms with Gasteiger partial charge in [0, 0.05) is 30.4 Å². The first-order valence-corrected chi connectivity index (χ1v) is 7.25. The van der Waals surface area contributed by atoms with Crippen LogP contribution in [0.4, 0.5) is 0 Å². The van der Waals surface area contributed by atoms with Crippen LogP contribution in [0.5, 0.6) is 0 Å². The summed E-state index contributed by atoms with van der Waals surface area (Å²) in [6.45, 7) is 4.51. The van der Waals surface area contributed by atoms with Gasteiger partial charge >= 0.3 is 0 Å². The van der Waals surface area contributed by atoms with E-state index in [4.69, 9.17) is 0 Å². The van der Waals surface area contributed by atoms with Crippen LogP contribution in [0, 0.1) is 0 Å². The molecule has 0 atom stereocenters. The molecular formula is C16H19N4O+. The van der Waals surface area contributed by atoms with Crippen LogP contribution < -0.4 is 4.90 Å². The summed E-state index contributed by atoms with van der Waals surface area (Å²) < 4.78 is 0. The normalized spacial score (nSPS) is 15.9. The van der Waals surface area contributed by atoms with Gasteiger partial charge in [-0.15, -0.1) is 0 Å². The van der Waals surface area contributed by atoms with E-state index in [1.54, 1.807) is 24.7 Å². The van der Waals surface area contributed by atoms with Crippen LogP contribution in [0.1, 0.15) is 15.9 Å². The molecule has 108 valence electrons. The van der Waals surface area contributed by atoms with Crippen molar-refractivity contribution in [3.63, 3.8) is 0 Å². The summed E-state index contributed by atoms with van der Waals surface area (Å²) in [5, 5.41) is 0. The van der Waals surface area contributed by atoms with E-state index < -0.39 is 0 Å². The summed E-state index contributed by atoms with van der Waals surface area (Å²) in [6, 6.07) is 7.70. The van der Waals surface area contributed by atoms with Gasteiger partial charge in [-0.3, -0.25) is 14.8 Å². The van der Waals surface area contributed by atoms with Crippen molar-refractivity contribution in [2.24, 2.45) is 0 Å². The lowest BCUT2D eigenvalue weighted by Crippen LogP contribution is -3.13. The summed E-state index contributed by atoms with van der Waals surface area (Å²) in [5.74, 6) is 0.0866. The molecule has 3 heterocycles. The Hall–Kier alpha value is -2.27. The zero-order valence-electron chi connectivity index (χ0n) is 11.9. The van der Waals surface area contributed by atoms with Gasteiger partial charge in [0.25, 0.3) is 5.91 Å². The van der Waals surface area contributed by atoms with Crippen molar-refractivity contribution >= 4 is 5.91 Å². The maximum atomic E-state index is 12.3. The van der Waals surface area contributed by atoms with Gasteiger partial charge in [0.1, 0.15) is 6.54 Å². The third-order valence-corrected chi connectivity index (χ3v) is 3.84. The second kappa shape index (κ2) is 6.45. The van der Waals surface area contributed by atoms with Crippen molar-refractivity contribution in [2.45, 2.75) is 6.54 Å². The molecule has 5 heteroatoms. The number of nitrogens with one attached hydrogen (secondary N) is 1. The lowest BCUT2D eigenvalue weighted by molar-refractivity contribution is -0.917. The SMILES string of the molecule is O=C(c1cccnc1)N1CC[NH+](Cc2cccnc2)CC1. The highest BCUT2D eigenvalue weighted by atomic mass is 16.2. The molecule has 1 saturated heterocycles. The average Bonchev–Trinajstić information content (AvgIpc) is 2.57. The van der Waals surface area contributed by atoms with Crippen LogP contribution in [0.25, 0.3) is 0 Å². The molecular weight excluding hydrogens is 264 g/mol.